The molecule has 0 aliphatic carbocycles. The minimum Gasteiger partial charge on any atom is -0.337 e. The topological polar surface area (TPSA) is 82.0 Å². The van der Waals surface area contributed by atoms with Gasteiger partial charge < -0.3 is 10.6 Å². The molecule has 0 heterocycles. The Labute approximate surface area is 128 Å². The van der Waals surface area contributed by atoms with Crippen molar-refractivity contribution in [2.45, 2.75) is 32.1 Å². The molecule has 0 spiro atoms. The van der Waals surface area contributed by atoms with Gasteiger partial charge in [-0.25, -0.2) is 4.79 Å². The fourth-order valence-electron chi connectivity index (χ4n) is 1.56. The first-order chi connectivity index (χ1) is 9.82. The van der Waals surface area contributed by atoms with E-state index in [1.807, 2.05) is 26.8 Å². The summed E-state index contributed by atoms with van der Waals surface area (Å²) in [5.41, 5.74) is 1.43. The highest BCUT2D eigenvalue weighted by atomic mass is 32.2. The van der Waals surface area contributed by atoms with Gasteiger partial charge in [-0.3, -0.25) is 4.21 Å². The van der Waals surface area contributed by atoms with Crippen LogP contribution in [0.4, 0.5) is 4.79 Å². The molecule has 0 radical (unpaired) electrons. The smallest absolute Gasteiger partial charge is 0.315 e. The number of rotatable bonds is 5. The summed E-state index contributed by atoms with van der Waals surface area (Å²) in [6, 6.07) is 8.82. The molecule has 1 atom stereocenters. The molecule has 0 saturated heterocycles. The Hall–Kier alpha value is -1.87. The van der Waals surface area contributed by atoms with Crippen LogP contribution in [0.5, 0.6) is 0 Å². The standard InChI is InChI=1S/C15H21N3O2S/c1-15(2,3)21(20)8-7-17-14(19)18-11-13-6-4-5-12(9-13)10-16/h4-6,9H,7-8,11H2,1-3H3,(H2,17,18,19)/t21-/m1/s1. The predicted molar refractivity (Wildman–Crippen MR) is 84.2 cm³/mol. The van der Waals surface area contributed by atoms with E-state index in [1.165, 1.54) is 0 Å². The molecule has 1 aromatic rings. The lowest BCUT2D eigenvalue weighted by atomic mass is 10.1. The van der Waals surface area contributed by atoms with E-state index in [-0.39, 0.29) is 10.8 Å². The Kier molecular flexibility index (Phi) is 6.38. The molecule has 0 bridgehead atoms. The first kappa shape index (κ1) is 17.2. The number of nitriles is 1. The second-order valence-electron chi connectivity index (χ2n) is 5.58. The number of hydrogen-bond acceptors (Lipinski definition) is 3. The summed E-state index contributed by atoms with van der Waals surface area (Å²) in [5.74, 6) is 0.431. The molecule has 0 aromatic heterocycles. The van der Waals surface area contributed by atoms with E-state index >= 15 is 0 Å². The van der Waals surface area contributed by atoms with Crippen molar-refractivity contribution in [3.05, 3.63) is 35.4 Å². The highest BCUT2D eigenvalue weighted by Crippen LogP contribution is 2.10. The lowest BCUT2D eigenvalue weighted by Gasteiger charge is -2.17. The van der Waals surface area contributed by atoms with Gasteiger partial charge in [-0.15, -0.1) is 0 Å². The van der Waals surface area contributed by atoms with Gasteiger partial charge in [0.25, 0.3) is 0 Å². The molecule has 0 aliphatic rings. The molecule has 0 fully saturated rings. The fraction of sp³-hybridized carbons (Fsp3) is 0.467. The van der Waals surface area contributed by atoms with E-state index in [0.717, 1.165) is 5.56 Å². The summed E-state index contributed by atoms with van der Waals surface area (Å²) in [4.78, 5) is 11.6. The van der Waals surface area contributed by atoms with Crippen molar-refractivity contribution in [1.29, 1.82) is 5.26 Å². The number of benzene rings is 1. The Morgan fingerprint density at radius 2 is 2.05 bits per heavy atom. The van der Waals surface area contributed by atoms with Crippen LogP contribution in [0.3, 0.4) is 0 Å². The zero-order valence-electron chi connectivity index (χ0n) is 12.6. The van der Waals surface area contributed by atoms with Crippen molar-refractivity contribution in [2.24, 2.45) is 0 Å². The summed E-state index contributed by atoms with van der Waals surface area (Å²) < 4.78 is 11.5. The van der Waals surface area contributed by atoms with E-state index in [9.17, 15) is 9.00 Å². The third-order valence-electron chi connectivity index (χ3n) is 2.77. The maximum Gasteiger partial charge on any atom is 0.315 e. The highest BCUT2D eigenvalue weighted by molar-refractivity contribution is 7.86. The van der Waals surface area contributed by atoms with Crippen molar-refractivity contribution in [3.8, 4) is 6.07 Å². The van der Waals surface area contributed by atoms with E-state index in [1.54, 1.807) is 18.2 Å². The summed E-state index contributed by atoms with van der Waals surface area (Å²) in [6.07, 6.45) is 0. The molecule has 1 rings (SSSR count). The predicted octanol–water partition coefficient (Wildman–Crippen LogP) is 1.90. The molecule has 6 heteroatoms. The average Bonchev–Trinajstić information content (AvgIpc) is 2.44. The molecule has 21 heavy (non-hydrogen) atoms. The van der Waals surface area contributed by atoms with Crippen LogP contribution in [0.15, 0.2) is 24.3 Å². The molecule has 2 N–H and O–H groups in total. The van der Waals surface area contributed by atoms with Gasteiger partial charge in [-0.1, -0.05) is 12.1 Å². The summed E-state index contributed by atoms with van der Waals surface area (Å²) in [5, 5.41) is 14.2. The Bertz CT molecular complexity index is 559. The molecular weight excluding hydrogens is 286 g/mol. The number of urea groups is 1. The van der Waals surface area contributed by atoms with Crippen LogP contribution < -0.4 is 10.6 Å². The first-order valence-corrected chi connectivity index (χ1v) is 8.04. The molecule has 114 valence electrons. The SMILES string of the molecule is CC(C)(C)[S@](=O)CCNC(=O)NCc1cccc(C#N)c1. The van der Waals surface area contributed by atoms with E-state index in [4.69, 9.17) is 5.26 Å². The molecule has 0 aliphatic heterocycles. The number of nitrogens with one attached hydrogen (secondary N) is 2. The van der Waals surface area contributed by atoms with Crippen LogP contribution in [0.1, 0.15) is 31.9 Å². The second-order valence-corrected chi connectivity index (χ2v) is 7.91. The van der Waals surface area contributed by atoms with Gasteiger partial charge in [-0.2, -0.15) is 5.26 Å². The maximum absolute atomic E-state index is 11.8. The minimum absolute atomic E-state index is 0.268. The summed E-state index contributed by atoms with van der Waals surface area (Å²) >= 11 is 0. The molecule has 2 amide bonds. The van der Waals surface area contributed by atoms with Crippen molar-refractivity contribution >= 4 is 16.8 Å². The number of carbonyl (C=O) groups excluding carboxylic acids is 1. The largest absolute Gasteiger partial charge is 0.337 e. The molecular formula is C15H21N3O2S. The number of carbonyl (C=O) groups is 1. The second kappa shape index (κ2) is 7.79. The first-order valence-electron chi connectivity index (χ1n) is 6.72. The number of nitrogens with zero attached hydrogens (tertiary/aromatic N) is 1. The summed E-state index contributed by atoms with van der Waals surface area (Å²) in [6.45, 7) is 6.44. The zero-order valence-corrected chi connectivity index (χ0v) is 13.4. The van der Waals surface area contributed by atoms with Gasteiger partial charge in [-0.05, 0) is 38.5 Å². The quantitative estimate of drug-likeness (QED) is 0.871. The van der Waals surface area contributed by atoms with Crippen molar-refractivity contribution < 1.29 is 9.00 Å². The molecule has 0 unspecified atom stereocenters. The monoisotopic (exact) mass is 307 g/mol. The van der Waals surface area contributed by atoms with Crippen LogP contribution in [0, 0.1) is 11.3 Å². The Morgan fingerprint density at radius 3 is 2.67 bits per heavy atom. The average molecular weight is 307 g/mol. The van der Waals surface area contributed by atoms with Crippen LogP contribution in [0.25, 0.3) is 0 Å². The fourth-order valence-corrected chi connectivity index (χ4v) is 2.46. The van der Waals surface area contributed by atoms with Gasteiger partial charge in [0.15, 0.2) is 0 Å². The third-order valence-corrected chi connectivity index (χ3v) is 4.71. The normalized spacial score (nSPS) is 12.3. The Morgan fingerprint density at radius 1 is 1.33 bits per heavy atom. The lowest BCUT2D eigenvalue weighted by molar-refractivity contribution is 0.241. The summed E-state index contributed by atoms with van der Waals surface area (Å²) in [7, 11) is -0.977. The molecule has 0 saturated carbocycles. The third kappa shape index (κ3) is 6.41. The minimum atomic E-state index is -0.977. The number of amides is 2. The molecule has 1 aromatic carbocycles. The van der Waals surface area contributed by atoms with Crippen molar-refractivity contribution in [3.63, 3.8) is 0 Å². The van der Waals surface area contributed by atoms with Gasteiger partial charge in [0.1, 0.15) is 0 Å². The van der Waals surface area contributed by atoms with Gasteiger partial charge in [0, 0.05) is 34.4 Å². The van der Waals surface area contributed by atoms with Crippen molar-refractivity contribution in [1.82, 2.24) is 10.6 Å². The maximum atomic E-state index is 11.8. The molecule has 5 nitrogen and oxygen atoms in total. The van der Waals surface area contributed by atoms with Crippen LogP contribution >= 0.6 is 0 Å². The number of hydrogen-bond donors (Lipinski definition) is 2. The zero-order chi connectivity index (χ0) is 15.9. The van der Waals surface area contributed by atoms with Gasteiger partial charge >= 0.3 is 6.03 Å². The van der Waals surface area contributed by atoms with E-state index in [2.05, 4.69) is 16.7 Å². The lowest BCUT2D eigenvalue weighted by Crippen LogP contribution is -2.38. The van der Waals surface area contributed by atoms with E-state index < -0.39 is 10.8 Å². The van der Waals surface area contributed by atoms with E-state index in [0.29, 0.717) is 24.4 Å². The van der Waals surface area contributed by atoms with Gasteiger partial charge in [0.2, 0.25) is 0 Å². The van der Waals surface area contributed by atoms with Crippen molar-refractivity contribution in [2.75, 3.05) is 12.3 Å². The van der Waals surface area contributed by atoms with Crippen LogP contribution in [-0.4, -0.2) is 27.3 Å². The van der Waals surface area contributed by atoms with Gasteiger partial charge in [0.05, 0.1) is 11.6 Å². The van der Waals surface area contributed by atoms with Crippen LogP contribution in [0.2, 0.25) is 0 Å². The highest BCUT2D eigenvalue weighted by Gasteiger charge is 2.18. The van der Waals surface area contributed by atoms with Crippen LogP contribution in [-0.2, 0) is 17.3 Å². The Balaban J connectivity index is 2.32.